The number of aromatic nitrogens is 2. The fourth-order valence-electron chi connectivity index (χ4n) is 4.12. The van der Waals surface area contributed by atoms with Crippen molar-refractivity contribution in [1.29, 1.82) is 0 Å². The van der Waals surface area contributed by atoms with Crippen molar-refractivity contribution in [3.63, 3.8) is 0 Å². The molecule has 2 bridgehead atoms. The van der Waals surface area contributed by atoms with Crippen molar-refractivity contribution < 1.29 is 33.3 Å². The van der Waals surface area contributed by atoms with Crippen LogP contribution < -0.4 is 25.2 Å². The Morgan fingerprint density at radius 1 is 1.33 bits per heavy atom. The van der Waals surface area contributed by atoms with Gasteiger partial charge in [-0.2, -0.15) is 0 Å². The number of urea groups is 1. The number of ether oxygens (including phenoxy) is 1. The fraction of sp³-hybridized carbons (Fsp3) is 0.478. The smallest absolute Gasteiger partial charge is 0.329 e. The molecule has 2 aliphatic heterocycles. The summed E-state index contributed by atoms with van der Waals surface area (Å²) < 4.78 is 31.8. The molecule has 0 saturated carbocycles. The molecule has 0 spiro atoms. The van der Waals surface area contributed by atoms with Gasteiger partial charge in [-0.15, -0.1) is 0 Å². The van der Waals surface area contributed by atoms with Crippen LogP contribution in [0.2, 0.25) is 0 Å². The van der Waals surface area contributed by atoms with Gasteiger partial charge in [-0.3, -0.25) is 15.0 Å². The van der Waals surface area contributed by atoms with E-state index in [2.05, 4.69) is 25.5 Å². The van der Waals surface area contributed by atoms with Crippen LogP contribution in [-0.2, 0) is 0 Å². The van der Waals surface area contributed by atoms with Crippen LogP contribution in [0.25, 0.3) is 0 Å². The van der Waals surface area contributed by atoms with Gasteiger partial charge in [-0.25, -0.2) is 23.5 Å². The molecule has 3 amide bonds. The van der Waals surface area contributed by atoms with E-state index >= 15 is 0 Å². The van der Waals surface area contributed by atoms with Crippen molar-refractivity contribution in [1.82, 2.24) is 15.3 Å². The number of nitrogens with zero attached hydrogens (tertiary/aromatic N) is 4. The fourth-order valence-corrected chi connectivity index (χ4v) is 4.12. The Balaban J connectivity index is 1.56. The van der Waals surface area contributed by atoms with E-state index in [-0.39, 0.29) is 30.0 Å². The molecule has 0 aromatic carbocycles. The molecule has 2 aliphatic rings. The first-order valence-electron chi connectivity index (χ1n) is 11.5. The Hall–Kier alpha value is -3.58. The van der Waals surface area contributed by atoms with Gasteiger partial charge in [0.05, 0.1) is 24.9 Å². The molecule has 1 unspecified atom stereocenters. The highest BCUT2D eigenvalue weighted by Gasteiger charge is 2.39. The number of nitrogens with one attached hydrogen (secondary N) is 2. The summed E-state index contributed by atoms with van der Waals surface area (Å²) in [4.78, 5) is 37.9. The average Bonchev–Trinajstić information content (AvgIpc) is 2.85. The van der Waals surface area contributed by atoms with E-state index in [0.29, 0.717) is 24.9 Å². The molecule has 4 rings (SSSR count). The van der Waals surface area contributed by atoms with Gasteiger partial charge in [-0.1, -0.05) is 0 Å². The molecule has 0 aliphatic carbocycles. The molecule has 11 nitrogen and oxygen atoms in total. The standard InChI is InChI=1S/C23H28F2N6O5/c1-23(24,25)13-27-21(34)17-4-5-18-20(28-17)31(14-3-2-8-30(18)10-14)22(35)29-19-9-16(6-7-26-19)36-12-15(33)11-32/h4-7,9,14-15,32-33H,2-3,8,10-13H2,1H3,(H,27,34)(H,26,29,35)/t14-,15?/m0/s1. The molecule has 4 N–H and O–H groups in total. The van der Waals surface area contributed by atoms with Crippen molar-refractivity contribution in [3.05, 3.63) is 36.2 Å². The lowest BCUT2D eigenvalue weighted by Crippen LogP contribution is -2.56. The SMILES string of the molecule is CC(F)(F)CNC(=O)c1ccc2c(n1)N(C(=O)Nc1cc(OCC(O)CO)ccn1)[C@H]1CCCN2C1. The average molecular weight is 507 g/mol. The van der Waals surface area contributed by atoms with Crippen molar-refractivity contribution in [2.45, 2.75) is 37.8 Å². The number of carbonyl (C=O) groups is 2. The summed E-state index contributed by atoms with van der Waals surface area (Å²) in [5, 5.41) is 23.3. The minimum atomic E-state index is -3.07. The van der Waals surface area contributed by atoms with Gasteiger partial charge in [0.1, 0.15) is 30.0 Å². The third-order valence-corrected chi connectivity index (χ3v) is 5.82. The van der Waals surface area contributed by atoms with Crippen molar-refractivity contribution >= 4 is 29.3 Å². The highest BCUT2D eigenvalue weighted by Crippen LogP contribution is 2.38. The number of pyridine rings is 2. The monoisotopic (exact) mass is 506 g/mol. The normalized spacial score (nSPS) is 17.8. The molecule has 0 radical (unpaired) electrons. The zero-order valence-electron chi connectivity index (χ0n) is 19.7. The summed E-state index contributed by atoms with van der Waals surface area (Å²) in [6, 6.07) is 5.41. The number of aliphatic hydroxyl groups excluding tert-OH is 2. The topological polar surface area (TPSA) is 140 Å². The summed E-state index contributed by atoms with van der Waals surface area (Å²) in [6.45, 7) is 0.652. The second kappa shape index (κ2) is 10.6. The van der Waals surface area contributed by atoms with E-state index in [1.165, 1.54) is 23.2 Å². The lowest BCUT2D eigenvalue weighted by molar-refractivity contribution is 0.0220. The number of piperidine rings is 1. The molecule has 194 valence electrons. The molecule has 36 heavy (non-hydrogen) atoms. The van der Waals surface area contributed by atoms with Crippen LogP contribution in [0.5, 0.6) is 5.75 Å². The van der Waals surface area contributed by atoms with E-state index < -0.39 is 37.1 Å². The first kappa shape index (κ1) is 25.5. The summed E-state index contributed by atoms with van der Waals surface area (Å²) in [5.74, 6) is -3.05. The van der Waals surface area contributed by atoms with Crippen molar-refractivity contribution in [3.8, 4) is 5.75 Å². The maximum Gasteiger partial charge on any atom is 0.329 e. The highest BCUT2D eigenvalue weighted by atomic mass is 19.3. The van der Waals surface area contributed by atoms with E-state index in [1.807, 2.05) is 0 Å². The number of fused-ring (bicyclic) bond motifs is 4. The molecular formula is C23H28F2N6O5. The zero-order valence-corrected chi connectivity index (χ0v) is 19.7. The highest BCUT2D eigenvalue weighted by molar-refractivity contribution is 6.04. The van der Waals surface area contributed by atoms with Gasteiger partial charge in [0.25, 0.3) is 11.8 Å². The lowest BCUT2D eigenvalue weighted by atomic mass is 10.00. The molecule has 1 fully saturated rings. The van der Waals surface area contributed by atoms with E-state index in [4.69, 9.17) is 9.84 Å². The Kier molecular flexibility index (Phi) is 7.50. The minimum Gasteiger partial charge on any atom is -0.491 e. The summed E-state index contributed by atoms with van der Waals surface area (Å²) in [7, 11) is 0. The number of carbonyl (C=O) groups excluding carboxylic acids is 2. The number of halogens is 2. The molecule has 4 heterocycles. The Morgan fingerprint density at radius 3 is 2.89 bits per heavy atom. The van der Waals surface area contributed by atoms with Gasteiger partial charge in [0.15, 0.2) is 5.82 Å². The van der Waals surface area contributed by atoms with Gasteiger partial charge < -0.3 is 25.2 Å². The third kappa shape index (κ3) is 5.97. The number of amides is 3. The quantitative estimate of drug-likeness (QED) is 0.424. The van der Waals surface area contributed by atoms with Crippen LogP contribution >= 0.6 is 0 Å². The molecule has 13 heteroatoms. The predicted octanol–water partition coefficient (Wildman–Crippen LogP) is 1.61. The number of anilines is 3. The Bertz CT molecular complexity index is 1110. The third-order valence-electron chi connectivity index (χ3n) is 5.82. The number of hydrogen-bond acceptors (Lipinski definition) is 8. The number of hydrogen-bond donors (Lipinski definition) is 4. The van der Waals surface area contributed by atoms with E-state index in [1.54, 1.807) is 12.1 Å². The van der Waals surface area contributed by atoms with Crippen LogP contribution in [0, 0.1) is 0 Å². The van der Waals surface area contributed by atoms with Crippen LogP contribution in [0.1, 0.15) is 30.3 Å². The number of alkyl halides is 2. The molecule has 2 aromatic rings. The van der Waals surface area contributed by atoms with Crippen LogP contribution in [0.4, 0.5) is 30.9 Å². The second-order valence-corrected chi connectivity index (χ2v) is 8.86. The first-order valence-corrected chi connectivity index (χ1v) is 11.5. The second-order valence-electron chi connectivity index (χ2n) is 8.86. The minimum absolute atomic E-state index is 0.0760. The Labute approximate surface area is 206 Å². The molecular weight excluding hydrogens is 478 g/mol. The van der Waals surface area contributed by atoms with Crippen molar-refractivity contribution in [2.24, 2.45) is 0 Å². The van der Waals surface area contributed by atoms with Crippen LogP contribution in [0.3, 0.4) is 0 Å². The Morgan fingerprint density at radius 2 is 2.14 bits per heavy atom. The largest absolute Gasteiger partial charge is 0.491 e. The van der Waals surface area contributed by atoms with Crippen LogP contribution in [-0.4, -0.2) is 83.0 Å². The van der Waals surface area contributed by atoms with Gasteiger partial charge >= 0.3 is 6.03 Å². The van der Waals surface area contributed by atoms with Gasteiger partial charge in [-0.05, 0) is 31.0 Å². The lowest BCUT2D eigenvalue weighted by Gasteiger charge is -2.45. The van der Waals surface area contributed by atoms with Crippen LogP contribution in [0.15, 0.2) is 30.5 Å². The number of rotatable bonds is 8. The summed E-state index contributed by atoms with van der Waals surface area (Å²) >= 11 is 0. The number of aliphatic hydroxyl groups is 2. The summed E-state index contributed by atoms with van der Waals surface area (Å²) in [5.41, 5.74) is 0.592. The molecule has 2 atom stereocenters. The predicted molar refractivity (Wildman–Crippen MR) is 127 cm³/mol. The summed E-state index contributed by atoms with van der Waals surface area (Å²) in [6.07, 6.45) is 1.96. The maximum absolute atomic E-state index is 13.4. The van der Waals surface area contributed by atoms with Crippen molar-refractivity contribution in [2.75, 3.05) is 48.0 Å². The maximum atomic E-state index is 13.4. The van der Waals surface area contributed by atoms with Gasteiger partial charge in [0.2, 0.25) is 0 Å². The van der Waals surface area contributed by atoms with E-state index in [9.17, 15) is 23.5 Å². The van der Waals surface area contributed by atoms with Gasteiger partial charge in [0, 0.05) is 32.3 Å². The molecule has 2 aromatic heterocycles. The zero-order chi connectivity index (χ0) is 25.9. The molecule has 1 saturated heterocycles. The van der Waals surface area contributed by atoms with E-state index in [0.717, 1.165) is 19.4 Å². The first-order chi connectivity index (χ1) is 17.1.